The number of benzene rings is 1. The summed E-state index contributed by atoms with van der Waals surface area (Å²) in [4.78, 5) is 12.7. The molecule has 1 aromatic carbocycles. The van der Waals surface area contributed by atoms with E-state index < -0.39 is 0 Å². The molecule has 0 unspecified atom stereocenters. The maximum absolute atomic E-state index is 12.7. The van der Waals surface area contributed by atoms with Gasteiger partial charge in [-0.1, -0.05) is 6.07 Å². The maximum Gasteiger partial charge on any atom is 0.255 e. The molecule has 1 aromatic heterocycles. The van der Waals surface area contributed by atoms with E-state index >= 15 is 0 Å². The van der Waals surface area contributed by atoms with Crippen LogP contribution in [-0.2, 0) is 6.42 Å². The van der Waals surface area contributed by atoms with Crippen molar-refractivity contribution in [2.45, 2.75) is 25.3 Å². The van der Waals surface area contributed by atoms with E-state index in [0.717, 1.165) is 24.1 Å². The van der Waals surface area contributed by atoms with E-state index in [-0.39, 0.29) is 18.0 Å². The molecule has 0 radical (unpaired) electrons. The Balaban J connectivity index is 2.23. The number of hydrogen-bond acceptors (Lipinski definition) is 4. The Labute approximate surface area is 134 Å². The molecule has 0 aliphatic heterocycles. The third-order valence-electron chi connectivity index (χ3n) is 4.06. The number of nitrogens with zero attached hydrogens (tertiary/aromatic N) is 2. The van der Waals surface area contributed by atoms with Crippen molar-refractivity contribution in [2.24, 2.45) is 0 Å². The molecule has 2 aromatic rings. The largest absolute Gasteiger partial charge is 0.497 e. The van der Waals surface area contributed by atoms with Crippen LogP contribution in [0, 0.1) is 11.3 Å². The molecule has 0 bridgehead atoms. The van der Waals surface area contributed by atoms with Crippen LogP contribution in [0.3, 0.4) is 0 Å². The fraction of sp³-hybridized carbons (Fsp3) is 0.333. The minimum atomic E-state index is -0.0866. The lowest BCUT2D eigenvalue weighted by molar-refractivity contribution is 0.404. The number of methoxy groups -OCH3 is 2. The second kappa shape index (κ2) is 6.17. The van der Waals surface area contributed by atoms with Crippen molar-refractivity contribution in [1.29, 1.82) is 5.26 Å². The van der Waals surface area contributed by atoms with Gasteiger partial charge < -0.3 is 14.0 Å². The monoisotopic (exact) mass is 310 g/mol. The third kappa shape index (κ3) is 2.80. The highest BCUT2D eigenvalue weighted by Gasteiger charge is 2.28. The zero-order valence-corrected chi connectivity index (χ0v) is 13.2. The van der Waals surface area contributed by atoms with Gasteiger partial charge in [0.1, 0.15) is 11.5 Å². The molecule has 0 spiro atoms. The summed E-state index contributed by atoms with van der Waals surface area (Å²) in [6.07, 6.45) is 2.09. The molecule has 1 fully saturated rings. The molecule has 1 aliphatic carbocycles. The van der Waals surface area contributed by atoms with E-state index in [9.17, 15) is 4.79 Å². The lowest BCUT2D eigenvalue weighted by atomic mass is 10.1. The lowest BCUT2D eigenvalue weighted by Gasteiger charge is -2.16. The molecular formula is C18H18N2O3. The molecule has 118 valence electrons. The molecule has 0 saturated heterocycles. The summed E-state index contributed by atoms with van der Waals surface area (Å²) < 4.78 is 12.5. The first-order valence-electron chi connectivity index (χ1n) is 7.53. The van der Waals surface area contributed by atoms with E-state index in [2.05, 4.69) is 6.07 Å². The Bertz CT molecular complexity index is 829. The van der Waals surface area contributed by atoms with Gasteiger partial charge in [0.15, 0.2) is 0 Å². The molecule has 0 N–H and O–H groups in total. The molecule has 0 atom stereocenters. The van der Waals surface area contributed by atoms with Crippen LogP contribution in [-0.4, -0.2) is 18.8 Å². The summed E-state index contributed by atoms with van der Waals surface area (Å²) in [5, 5.41) is 8.89. The zero-order chi connectivity index (χ0) is 16.4. The second-order valence-corrected chi connectivity index (χ2v) is 5.55. The van der Waals surface area contributed by atoms with E-state index in [1.54, 1.807) is 24.9 Å². The van der Waals surface area contributed by atoms with Crippen LogP contribution in [0.5, 0.6) is 11.5 Å². The predicted octanol–water partition coefficient (Wildman–Crippen LogP) is 2.93. The third-order valence-corrected chi connectivity index (χ3v) is 4.06. The first-order valence-corrected chi connectivity index (χ1v) is 7.53. The molecule has 3 rings (SSSR count). The fourth-order valence-corrected chi connectivity index (χ4v) is 2.74. The highest BCUT2D eigenvalue weighted by atomic mass is 16.5. The molecule has 0 amide bonds. The summed E-state index contributed by atoms with van der Waals surface area (Å²) in [5.74, 6) is 1.39. The highest BCUT2D eigenvalue weighted by molar-refractivity contribution is 5.70. The van der Waals surface area contributed by atoms with E-state index in [0.29, 0.717) is 17.1 Å². The van der Waals surface area contributed by atoms with Crippen LogP contribution in [0.1, 0.15) is 24.4 Å². The first kappa shape index (κ1) is 15.2. The van der Waals surface area contributed by atoms with E-state index in [4.69, 9.17) is 14.7 Å². The van der Waals surface area contributed by atoms with Crippen LogP contribution in [0.25, 0.3) is 11.3 Å². The summed E-state index contributed by atoms with van der Waals surface area (Å²) in [5.41, 5.74) is 2.07. The van der Waals surface area contributed by atoms with Crippen LogP contribution >= 0.6 is 0 Å². The van der Waals surface area contributed by atoms with Crippen molar-refractivity contribution in [2.75, 3.05) is 14.2 Å². The number of pyridine rings is 1. The van der Waals surface area contributed by atoms with Crippen LogP contribution in [0.2, 0.25) is 0 Å². The quantitative estimate of drug-likeness (QED) is 0.851. The smallest absolute Gasteiger partial charge is 0.255 e. The fourth-order valence-electron chi connectivity index (χ4n) is 2.74. The number of hydrogen-bond donors (Lipinski definition) is 0. The minimum Gasteiger partial charge on any atom is -0.497 e. The standard InChI is InChI=1S/C18H18N2O3/c1-22-14-6-8-17(23-2)15(11-14)16-7-3-12(9-10-19)18(21)20(16)13-4-5-13/h3,6-8,11,13H,4-5,9H2,1-2H3. The van der Waals surface area contributed by atoms with Crippen LogP contribution in [0.15, 0.2) is 35.1 Å². The van der Waals surface area contributed by atoms with Crippen LogP contribution < -0.4 is 15.0 Å². The Morgan fingerprint density at radius 3 is 2.61 bits per heavy atom. The molecule has 1 aliphatic rings. The Morgan fingerprint density at radius 1 is 1.22 bits per heavy atom. The van der Waals surface area contributed by atoms with Gasteiger partial charge in [-0.3, -0.25) is 4.79 Å². The summed E-state index contributed by atoms with van der Waals surface area (Å²) in [6, 6.07) is 11.4. The number of rotatable bonds is 5. The minimum absolute atomic E-state index is 0.0866. The molecular weight excluding hydrogens is 292 g/mol. The van der Waals surface area contributed by atoms with Gasteiger partial charge in [-0.25, -0.2) is 0 Å². The first-order chi connectivity index (χ1) is 11.2. The molecule has 1 saturated carbocycles. The van der Waals surface area contributed by atoms with Gasteiger partial charge in [0, 0.05) is 17.2 Å². The summed E-state index contributed by atoms with van der Waals surface area (Å²) >= 11 is 0. The average molecular weight is 310 g/mol. The van der Waals surface area contributed by atoms with Crippen molar-refractivity contribution >= 4 is 0 Å². The van der Waals surface area contributed by atoms with Crippen molar-refractivity contribution in [3.05, 3.63) is 46.2 Å². The molecule has 23 heavy (non-hydrogen) atoms. The van der Waals surface area contributed by atoms with Gasteiger partial charge in [-0.05, 0) is 37.1 Å². The van der Waals surface area contributed by atoms with Crippen LogP contribution in [0.4, 0.5) is 0 Å². The maximum atomic E-state index is 12.7. The van der Waals surface area contributed by atoms with Crippen molar-refractivity contribution in [1.82, 2.24) is 4.57 Å². The Morgan fingerprint density at radius 2 is 2.00 bits per heavy atom. The SMILES string of the molecule is COc1ccc(OC)c(-c2ccc(CC#N)c(=O)n2C2CC2)c1. The van der Waals surface area contributed by atoms with E-state index in [1.807, 2.05) is 24.3 Å². The van der Waals surface area contributed by atoms with Gasteiger partial charge in [0.2, 0.25) is 0 Å². The summed E-state index contributed by atoms with van der Waals surface area (Å²) in [6.45, 7) is 0. The molecule has 1 heterocycles. The zero-order valence-electron chi connectivity index (χ0n) is 13.2. The normalized spacial score (nSPS) is 13.4. The number of ether oxygens (including phenoxy) is 2. The summed E-state index contributed by atoms with van der Waals surface area (Å²) in [7, 11) is 3.21. The van der Waals surface area contributed by atoms with Gasteiger partial charge >= 0.3 is 0 Å². The van der Waals surface area contributed by atoms with Crippen molar-refractivity contribution in [3.8, 4) is 28.8 Å². The van der Waals surface area contributed by atoms with Crippen molar-refractivity contribution < 1.29 is 9.47 Å². The Kier molecular flexibility index (Phi) is 4.07. The van der Waals surface area contributed by atoms with Gasteiger partial charge in [-0.2, -0.15) is 5.26 Å². The van der Waals surface area contributed by atoms with Gasteiger partial charge in [0.25, 0.3) is 5.56 Å². The lowest BCUT2D eigenvalue weighted by Crippen LogP contribution is -2.24. The topological polar surface area (TPSA) is 64.2 Å². The van der Waals surface area contributed by atoms with Crippen molar-refractivity contribution in [3.63, 3.8) is 0 Å². The average Bonchev–Trinajstić information content (AvgIpc) is 3.40. The number of aromatic nitrogens is 1. The highest BCUT2D eigenvalue weighted by Crippen LogP contribution is 2.40. The van der Waals surface area contributed by atoms with E-state index in [1.165, 1.54) is 0 Å². The molecule has 5 heteroatoms. The predicted molar refractivity (Wildman–Crippen MR) is 86.8 cm³/mol. The second-order valence-electron chi connectivity index (χ2n) is 5.55. The number of nitriles is 1. The molecule has 5 nitrogen and oxygen atoms in total. The Hall–Kier alpha value is -2.74. The van der Waals surface area contributed by atoms with Gasteiger partial charge in [0.05, 0.1) is 32.4 Å². The van der Waals surface area contributed by atoms with Gasteiger partial charge in [-0.15, -0.1) is 0 Å².